The van der Waals surface area contributed by atoms with Gasteiger partial charge in [-0.3, -0.25) is 0 Å². The highest BCUT2D eigenvalue weighted by Gasteiger charge is 2.33. The van der Waals surface area contributed by atoms with Crippen LogP contribution >= 0.6 is 11.8 Å². The maximum atomic E-state index is 11.5. The van der Waals surface area contributed by atoms with E-state index < -0.39 is 11.5 Å². The fourth-order valence-corrected chi connectivity index (χ4v) is 1.34. The highest BCUT2D eigenvalue weighted by Crippen LogP contribution is 2.12. The lowest BCUT2D eigenvalue weighted by atomic mass is 9.99. The Hall–Kier alpha value is -0.660. The molecule has 0 bridgehead atoms. The van der Waals surface area contributed by atoms with Crippen molar-refractivity contribution in [1.82, 2.24) is 0 Å². The molecule has 0 aromatic rings. The van der Waals surface area contributed by atoms with Gasteiger partial charge in [-0.15, -0.1) is 6.42 Å². The minimum absolute atomic E-state index is 0.187. The first-order valence-corrected chi connectivity index (χ1v) is 5.82. The van der Waals surface area contributed by atoms with E-state index >= 15 is 0 Å². The van der Waals surface area contributed by atoms with E-state index in [9.17, 15) is 4.79 Å². The second-order valence-electron chi connectivity index (χ2n) is 3.31. The van der Waals surface area contributed by atoms with Gasteiger partial charge >= 0.3 is 5.97 Å². The van der Waals surface area contributed by atoms with Crippen LogP contribution in [0, 0.1) is 12.3 Å². The molecule has 0 aliphatic carbocycles. The van der Waals surface area contributed by atoms with Crippen LogP contribution in [0.1, 0.15) is 20.3 Å². The second-order valence-corrected chi connectivity index (χ2v) is 4.30. The average molecular weight is 215 g/mol. The molecule has 1 atom stereocenters. The summed E-state index contributed by atoms with van der Waals surface area (Å²) in [6, 6.07) is 0. The van der Waals surface area contributed by atoms with Crippen molar-refractivity contribution in [3.05, 3.63) is 0 Å². The summed E-state index contributed by atoms with van der Waals surface area (Å²) < 4.78 is 4.99. The van der Waals surface area contributed by atoms with E-state index in [1.54, 1.807) is 25.6 Å². The molecule has 0 spiro atoms. The van der Waals surface area contributed by atoms with Crippen LogP contribution in [0.2, 0.25) is 0 Å². The van der Waals surface area contributed by atoms with Crippen LogP contribution in [-0.4, -0.2) is 29.6 Å². The van der Waals surface area contributed by atoms with Crippen LogP contribution < -0.4 is 5.73 Å². The number of rotatable bonds is 5. The summed E-state index contributed by atoms with van der Waals surface area (Å²) in [6.45, 7) is 3.53. The standard InChI is InChI=1S/C10H17NO2S/c1-5-10(11,6-7-14-4)9(12)13-8(2)3/h1,8H,6-7,11H2,2-4H3. The summed E-state index contributed by atoms with van der Waals surface area (Å²) >= 11 is 1.60. The number of carbonyl (C=O) groups excluding carboxylic acids is 1. The molecule has 0 aromatic heterocycles. The smallest absolute Gasteiger partial charge is 0.338 e. The zero-order chi connectivity index (χ0) is 11.2. The largest absolute Gasteiger partial charge is 0.461 e. The minimum Gasteiger partial charge on any atom is -0.461 e. The Bertz CT molecular complexity index is 235. The van der Waals surface area contributed by atoms with E-state index in [0.717, 1.165) is 5.75 Å². The van der Waals surface area contributed by atoms with Crippen LogP contribution in [0.4, 0.5) is 0 Å². The maximum absolute atomic E-state index is 11.5. The van der Waals surface area contributed by atoms with Crippen molar-refractivity contribution >= 4 is 17.7 Å². The van der Waals surface area contributed by atoms with Gasteiger partial charge < -0.3 is 10.5 Å². The van der Waals surface area contributed by atoms with Gasteiger partial charge in [-0.2, -0.15) is 11.8 Å². The van der Waals surface area contributed by atoms with Crippen molar-refractivity contribution in [3.8, 4) is 12.3 Å². The second kappa shape index (κ2) is 5.94. The lowest BCUT2D eigenvalue weighted by Crippen LogP contribution is -2.49. The number of terminal acetylenes is 1. The van der Waals surface area contributed by atoms with Crippen molar-refractivity contribution < 1.29 is 9.53 Å². The molecule has 14 heavy (non-hydrogen) atoms. The molecular weight excluding hydrogens is 198 g/mol. The molecular formula is C10H17NO2S. The first-order chi connectivity index (χ1) is 6.46. The Morgan fingerprint density at radius 3 is 2.64 bits per heavy atom. The molecule has 2 N–H and O–H groups in total. The van der Waals surface area contributed by atoms with Gasteiger partial charge in [0.25, 0.3) is 0 Å². The van der Waals surface area contributed by atoms with Crippen molar-refractivity contribution in [3.63, 3.8) is 0 Å². The van der Waals surface area contributed by atoms with Crippen LogP contribution in [0.5, 0.6) is 0 Å². The summed E-state index contributed by atoms with van der Waals surface area (Å²) in [5.41, 5.74) is 4.48. The zero-order valence-electron chi connectivity index (χ0n) is 8.87. The molecule has 0 aliphatic heterocycles. The molecule has 0 aliphatic rings. The van der Waals surface area contributed by atoms with Crippen molar-refractivity contribution in [1.29, 1.82) is 0 Å². The molecule has 0 fully saturated rings. The molecule has 0 rings (SSSR count). The minimum atomic E-state index is -1.27. The van der Waals surface area contributed by atoms with E-state index in [1.807, 2.05) is 6.26 Å². The molecule has 0 saturated heterocycles. The topological polar surface area (TPSA) is 52.3 Å². The van der Waals surface area contributed by atoms with Gasteiger partial charge in [0.1, 0.15) is 0 Å². The van der Waals surface area contributed by atoms with Crippen LogP contribution in [-0.2, 0) is 9.53 Å². The molecule has 1 unspecified atom stereocenters. The van der Waals surface area contributed by atoms with Gasteiger partial charge in [0.05, 0.1) is 6.10 Å². The first kappa shape index (κ1) is 13.3. The summed E-state index contributed by atoms with van der Waals surface area (Å²) in [5, 5.41) is 0. The number of thioether (sulfide) groups is 1. The van der Waals surface area contributed by atoms with E-state index in [-0.39, 0.29) is 6.10 Å². The molecule has 0 saturated carbocycles. The van der Waals surface area contributed by atoms with Crippen LogP contribution in [0.15, 0.2) is 0 Å². The number of carbonyl (C=O) groups is 1. The first-order valence-electron chi connectivity index (χ1n) is 4.43. The van der Waals surface area contributed by atoms with Gasteiger partial charge in [0.15, 0.2) is 5.54 Å². The zero-order valence-corrected chi connectivity index (χ0v) is 9.69. The number of ether oxygens (including phenoxy) is 1. The van der Waals surface area contributed by atoms with E-state index in [0.29, 0.717) is 6.42 Å². The fourth-order valence-electron chi connectivity index (χ4n) is 0.815. The molecule has 0 aromatic carbocycles. The maximum Gasteiger partial charge on any atom is 0.338 e. The molecule has 0 heterocycles. The van der Waals surface area contributed by atoms with Gasteiger partial charge in [0.2, 0.25) is 0 Å². The van der Waals surface area contributed by atoms with Crippen LogP contribution in [0.25, 0.3) is 0 Å². The third-order valence-corrected chi connectivity index (χ3v) is 2.28. The van der Waals surface area contributed by atoms with Gasteiger partial charge in [0, 0.05) is 0 Å². The quantitative estimate of drug-likeness (QED) is 0.549. The third kappa shape index (κ3) is 4.03. The molecule has 80 valence electrons. The lowest BCUT2D eigenvalue weighted by molar-refractivity contribution is -0.151. The van der Waals surface area contributed by atoms with E-state index in [4.69, 9.17) is 16.9 Å². The van der Waals surface area contributed by atoms with E-state index in [1.165, 1.54) is 0 Å². The molecule has 4 heteroatoms. The fraction of sp³-hybridized carbons (Fsp3) is 0.700. The summed E-state index contributed by atoms with van der Waals surface area (Å²) in [7, 11) is 0. The van der Waals surface area contributed by atoms with Gasteiger partial charge in [-0.05, 0) is 32.3 Å². The summed E-state index contributed by atoms with van der Waals surface area (Å²) in [5.74, 6) is 2.54. The van der Waals surface area contributed by atoms with Gasteiger partial charge in [-0.25, -0.2) is 4.79 Å². The summed E-state index contributed by atoms with van der Waals surface area (Å²) in [6.07, 6.45) is 7.43. The normalized spacial score (nSPS) is 14.6. The molecule has 3 nitrogen and oxygen atoms in total. The van der Waals surface area contributed by atoms with Crippen LogP contribution in [0.3, 0.4) is 0 Å². The third-order valence-electron chi connectivity index (χ3n) is 1.67. The van der Waals surface area contributed by atoms with E-state index in [2.05, 4.69) is 5.92 Å². The SMILES string of the molecule is C#CC(N)(CCSC)C(=O)OC(C)C. The Morgan fingerprint density at radius 1 is 1.71 bits per heavy atom. The van der Waals surface area contributed by atoms with Gasteiger partial charge in [-0.1, -0.05) is 5.92 Å². The highest BCUT2D eigenvalue weighted by atomic mass is 32.2. The lowest BCUT2D eigenvalue weighted by Gasteiger charge is -2.22. The average Bonchev–Trinajstić information content (AvgIpc) is 2.13. The molecule has 0 amide bonds. The predicted molar refractivity (Wildman–Crippen MR) is 60.0 cm³/mol. The number of hydrogen-bond acceptors (Lipinski definition) is 4. The number of hydrogen-bond donors (Lipinski definition) is 1. The monoisotopic (exact) mass is 215 g/mol. The van der Waals surface area contributed by atoms with Crippen molar-refractivity contribution in [2.45, 2.75) is 31.9 Å². The summed E-state index contributed by atoms with van der Waals surface area (Å²) in [4.78, 5) is 11.5. The Kier molecular flexibility index (Phi) is 5.66. The van der Waals surface area contributed by atoms with Crippen molar-refractivity contribution in [2.75, 3.05) is 12.0 Å². The number of esters is 1. The van der Waals surface area contributed by atoms with Crippen molar-refractivity contribution in [2.24, 2.45) is 5.73 Å². The predicted octanol–water partition coefficient (Wildman–Crippen LogP) is 1.02. The Balaban J connectivity index is 4.37. The highest BCUT2D eigenvalue weighted by molar-refractivity contribution is 7.98. The number of nitrogens with two attached hydrogens (primary N) is 1. The Morgan fingerprint density at radius 2 is 2.29 bits per heavy atom. The molecule has 0 radical (unpaired) electrons. The Labute approximate surface area is 89.8 Å².